The van der Waals surface area contributed by atoms with E-state index in [1.807, 2.05) is 0 Å². The molecule has 3 heteroatoms. The molecule has 1 aliphatic rings. The number of hydrogen-bond donors (Lipinski definition) is 1. The van der Waals surface area contributed by atoms with Gasteiger partial charge in [-0.3, -0.25) is 4.79 Å². The van der Waals surface area contributed by atoms with Gasteiger partial charge in [-0.05, 0) is 19.3 Å². The van der Waals surface area contributed by atoms with Crippen molar-refractivity contribution >= 4 is 11.5 Å². The summed E-state index contributed by atoms with van der Waals surface area (Å²) in [5, 5.41) is 12.0. The molecule has 0 aliphatic heterocycles. The molecule has 0 atom stereocenters. The van der Waals surface area contributed by atoms with Gasteiger partial charge in [-0.1, -0.05) is 37.3 Å². The number of ketones is 1. The molecule has 0 radical (unpaired) electrons. The Morgan fingerprint density at radius 1 is 0.867 bits per heavy atom. The fourth-order valence-corrected chi connectivity index (χ4v) is 2.02. The number of hydrogen-bond acceptors (Lipinski definition) is 3. The van der Waals surface area contributed by atoms with Gasteiger partial charge in [-0.2, -0.15) is 0 Å². The average molecular weight is 211 g/mol. The van der Waals surface area contributed by atoms with Crippen LogP contribution < -0.4 is 0 Å². The average Bonchev–Trinajstić information content (AvgIpc) is 2.22. The van der Waals surface area contributed by atoms with Crippen molar-refractivity contribution in [1.82, 2.24) is 0 Å². The number of rotatable bonds is 0. The van der Waals surface area contributed by atoms with E-state index in [0.29, 0.717) is 18.6 Å². The molecule has 0 aromatic carbocycles. The van der Waals surface area contributed by atoms with Crippen molar-refractivity contribution in [3.8, 4) is 0 Å². The first kappa shape index (κ1) is 12.2. The number of Topliss-reactive ketones (excluding diaryl/α,β-unsaturated/α-hetero) is 1. The maximum Gasteiger partial charge on any atom is 0.138 e. The third-order valence-corrected chi connectivity index (χ3v) is 2.96. The second-order valence-corrected chi connectivity index (χ2v) is 4.36. The third kappa shape index (κ3) is 5.55. The van der Waals surface area contributed by atoms with E-state index in [9.17, 15) is 4.79 Å². The minimum absolute atomic E-state index is 0.225. The molecule has 86 valence electrons. The molecular weight excluding hydrogens is 190 g/mol. The van der Waals surface area contributed by atoms with Crippen LogP contribution in [0.15, 0.2) is 5.16 Å². The van der Waals surface area contributed by atoms with Gasteiger partial charge in [-0.25, -0.2) is 0 Å². The van der Waals surface area contributed by atoms with Crippen LogP contribution in [0.4, 0.5) is 0 Å². The van der Waals surface area contributed by atoms with E-state index < -0.39 is 0 Å². The monoisotopic (exact) mass is 211 g/mol. The molecule has 3 nitrogen and oxygen atoms in total. The zero-order valence-corrected chi connectivity index (χ0v) is 9.37. The largest absolute Gasteiger partial charge is 0.411 e. The van der Waals surface area contributed by atoms with Crippen LogP contribution in [-0.2, 0) is 4.79 Å². The Labute approximate surface area is 91.6 Å². The highest BCUT2D eigenvalue weighted by molar-refractivity contribution is 6.01. The summed E-state index contributed by atoms with van der Waals surface area (Å²) in [7, 11) is 0. The number of oxime groups is 1. The number of carbonyl (C=O) groups excluding carboxylic acids is 1. The predicted molar refractivity (Wildman–Crippen MR) is 60.4 cm³/mol. The molecule has 1 N–H and O–H groups in total. The molecule has 1 fully saturated rings. The highest BCUT2D eigenvalue weighted by Gasteiger charge is 2.09. The van der Waals surface area contributed by atoms with Gasteiger partial charge in [0, 0.05) is 12.8 Å². The van der Waals surface area contributed by atoms with Crippen molar-refractivity contribution in [3.63, 3.8) is 0 Å². The molecule has 0 amide bonds. The Balaban J connectivity index is 2.39. The van der Waals surface area contributed by atoms with Gasteiger partial charge in [0.05, 0.1) is 5.71 Å². The minimum atomic E-state index is 0.225. The summed E-state index contributed by atoms with van der Waals surface area (Å²) >= 11 is 0. The van der Waals surface area contributed by atoms with Crippen molar-refractivity contribution in [1.29, 1.82) is 0 Å². The number of nitrogens with zero attached hydrogens (tertiary/aromatic N) is 1. The van der Waals surface area contributed by atoms with E-state index in [1.165, 1.54) is 25.7 Å². The summed E-state index contributed by atoms with van der Waals surface area (Å²) < 4.78 is 0. The van der Waals surface area contributed by atoms with E-state index in [1.54, 1.807) is 0 Å². The topological polar surface area (TPSA) is 49.7 Å². The first-order valence-corrected chi connectivity index (χ1v) is 6.04. The lowest BCUT2D eigenvalue weighted by Crippen LogP contribution is -2.08. The second kappa shape index (κ2) is 7.43. The standard InChI is InChI=1S/C12H21NO2/c14-12-9-7-5-3-1-2-4-6-8-11(10-12)13-15/h15H,1-10H2. The molecular formula is C12H21NO2. The fourth-order valence-electron chi connectivity index (χ4n) is 2.02. The van der Waals surface area contributed by atoms with Gasteiger partial charge < -0.3 is 5.21 Å². The molecule has 1 saturated carbocycles. The second-order valence-electron chi connectivity index (χ2n) is 4.36. The SMILES string of the molecule is O=C1CCCCCCCCCC(=NO)C1. The molecule has 0 bridgehead atoms. The van der Waals surface area contributed by atoms with Crippen LogP contribution in [0.1, 0.15) is 64.2 Å². The van der Waals surface area contributed by atoms with Crippen LogP contribution >= 0.6 is 0 Å². The van der Waals surface area contributed by atoms with Gasteiger partial charge in [0.2, 0.25) is 0 Å². The Morgan fingerprint density at radius 3 is 2.00 bits per heavy atom. The Bertz CT molecular complexity index is 224. The zero-order chi connectivity index (χ0) is 10.9. The van der Waals surface area contributed by atoms with Crippen LogP contribution in [0.5, 0.6) is 0 Å². The molecule has 0 unspecified atom stereocenters. The zero-order valence-electron chi connectivity index (χ0n) is 9.37. The van der Waals surface area contributed by atoms with Crippen LogP contribution in [0.2, 0.25) is 0 Å². The van der Waals surface area contributed by atoms with E-state index >= 15 is 0 Å². The summed E-state index contributed by atoms with van der Waals surface area (Å²) in [4.78, 5) is 11.5. The quantitative estimate of drug-likeness (QED) is 0.493. The minimum Gasteiger partial charge on any atom is -0.411 e. The van der Waals surface area contributed by atoms with Gasteiger partial charge in [0.1, 0.15) is 5.78 Å². The summed E-state index contributed by atoms with van der Waals surface area (Å²) in [5.41, 5.74) is 0.667. The van der Waals surface area contributed by atoms with Crippen LogP contribution in [-0.4, -0.2) is 16.7 Å². The molecule has 0 aromatic heterocycles. The van der Waals surface area contributed by atoms with Crippen molar-refractivity contribution in [2.75, 3.05) is 0 Å². The van der Waals surface area contributed by atoms with E-state index in [2.05, 4.69) is 5.16 Å². The first-order valence-electron chi connectivity index (χ1n) is 6.04. The van der Waals surface area contributed by atoms with E-state index in [0.717, 1.165) is 25.7 Å². The lowest BCUT2D eigenvalue weighted by molar-refractivity contribution is -0.118. The van der Waals surface area contributed by atoms with Crippen molar-refractivity contribution in [2.45, 2.75) is 64.2 Å². The summed E-state index contributed by atoms with van der Waals surface area (Å²) in [6.07, 6.45) is 9.99. The van der Waals surface area contributed by atoms with Crippen LogP contribution in [0, 0.1) is 0 Å². The Kier molecular flexibility index (Phi) is 6.05. The first-order chi connectivity index (χ1) is 7.33. The summed E-state index contributed by atoms with van der Waals surface area (Å²) in [6, 6.07) is 0. The molecule has 1 aliphatic carbocycles. The predicted octanol–water partition coefficient (Wildman–Crippen LogP) is 3.30. The molecule has 0 saturated heterocycles. The molecule has 0 heterocycles. The Morgan fingerprint density at radius 2 is 1.40 bits per heavy atom. The fraction of sp³-hybridized carbons (Fsp3) is 0.833. The maximum absolute atomic E-state index is 11.5. The summed E-state index contributed by atoms with van der Waals surface area (Å²) in [6.45, 7) is 0. The van der Waals surface area contributed by atoms with Gasteiger partial charge >= 0.3 is 0 Å². The Hall–Kier alpha value is -0.860. The van der Waals surface area contributed by atoms with Gasteiger partial charge in [-0.15, -0.1) is 0 Å². The lowest BCUT2D eigenvalue weighted by Gasteiger charge is -2.07. The molecule has 0 spiro atoms. The molecule has 0 aromatic rings. The lowest BCUT2D eigenvalue weighted by atomic mass is 9.99. The molecule has 1 rings (SSSR count). The maximum atomic E-state index is 11.5. The van der Waals surface area contributed by atoms with Crippen LogP contribution in [0.25, 0.3) is 0 Å². The number of carbonyl (C=O) groups is 1. The smallest absolute Gasteiger partial charge is 0.138 e. The highest BCUT2D eigenvalue weighted by atomic mass is 16.4. The van der Waals surface area contributed by atoms with Crippen molar-refractivity contribution in [2.24, 2.45) is 5.16 Å². The molecule has 15 heavy (non-hydrogen) atoms. The van der Waals surface area contributed by atoms with E-state index in [-0.39, 0.29) is 5.78 Å². The van der Waals surface area contributed by atoms with Gasteiger partial charge in [0.25, 0.3) is 0 Å². The summed E-state index contributed by atoms with van der Waals surface area (Å²) in [5.74, 6) is 0.225. The van der Waals surface area contributed by atoms with Crippen molar-refractivity contribution in [3.05, 3.63) is 0 Å². The third-order valence-electron chi connectivity index (χ3n) is 2.96. The van der Waals surface area contributed by atoms with Gasteiger partial charge in [0.15, 0.2) is 0 Å². The van der Waals surface area contributed by atoms with E-state index in [4.69, 9.17) is 5.21 Å². The normalized spacial score (nSPS) is 24.5. The highest BCUT2D eigenvalue weighted by Crippen LogP contribution is 2.13. The van der Waals surface area contributed by atoms with Crippen molar-refractivity contribution < 1.29 is 10.0 Å². The van der Waals surface area contributed by atoms with Crippen LogP contribution in [0.3, 0.4) is 0 Å².